The van der Waals surface area contributed by atoms with Gasteiger partial charge < -0.3 is 9.74 Å². The van der Waals surface area contributed by atoms with Gasteiger partial charge in [0.2, 0.25) is 5.91 Å². The molecule has 0 N–H and O–H groups in total. The van der Waals surface area contributed by atoms with Crippen LogP contribution in [0.5, 0.6) is 0 Å². The molecule has 0 atom stereocenters. The summed E-state index contributed by atoms with van der Waals surface area (Å²) in [5, 5.41) is 4.75. The summed E-state index contributed by atoms with van der Waals surface area (Å²) in [5.74, 6) is -0.364. The van der Waals surface area contributed by atoms with Gasteiger partial charge in [-0.3, -0.25) is 14.8 Å². The fourth-order valence-electron chi connectivity index (χ4n) is 4.80. The van der Waals surface area contributed by atoms with E-state index in [2.05, 4.69) is 10.1 Å². The fourth-order valence-corrected chi connectivity index (χ4v) is 4.98. The van der Waals surface area contributed by atoms with Gasteiger partial charge in [-0.1, -0.05) is 34.5 Å². The van der Waals surface area contributed by atoms with Gasteiger partial charge in [-0.25, -0.2) is 4.79 Å². The quantitative estimate of drug-likeness (QED) is 0.387. The maximum Gasteiger partial charge on any atom is 0.331 e. The third kappa shape index (κ3) is 5.06. The SMILES string of the molecule is CC(=O)O/N=C1/Cc2cccnc2C(=C2CCN(C(=O)Cc3ccncc3)CC2)c2ccc(Cl)cc21. The second kappa shape index (κ2) is 10.4. The Labute approximate surface area is 214 Å². The minimum absolute atomic E-state index is 0.118. The summed E-state index contributed by atoms with van der Waals surface area (Å²) in [6, 6.07) is 13.4. The fraction of sp³-hybridized carbons (Fsp3) is 0.250. The smallest absolute Gasteiger partial charge is 0.331 e. The first-order valence-corrected chi connectivity index (χ1v) is 12.2. The van der Waals surface area contributed by atoms with Crippen LogP contribution >= 0.6 is 11.6 Å². The number of rotatable bonds is 3. The largest absolute Gasteiger partial charge is 0.342 e. The summed E-state index contributed by atoms with van der Waals surface area (Å²) in [6.45, 7) is 2.61. The molecule has 0 unspecified atom stereocenters. The lowest BCUT2D eigenvalue weighted by atomic mass is 9.88. The first-order chi connectivity index (χ1) is 17.5. The van der Waals surface area contributed by atoms with Crippen molar-refractivity contribution in [1.29, 1.82) is 0 Å². The Morgan fingerprint density at radius 2 is 1.83 bits per heavy atom. The first kappa shape index (κ1) is 23.9. The number of aromatic nitrogens is 2. The minimum Gasteiger partial charge on any atom is -0.342 e. The number of hydrogen-bond donors (Lipinski definition) is 0. The summed E-state index contributed by atoms with van der Waals surface area (Å²) in [5.41, 5.74) is 7.53. The maximum absolute atomic E-state index is 12.9. The molecular weight excluding hydrogens is 476 g/mol. The number of oxime groups is 1. The van der Waals surface area contributed by atoms with Gasteiger partial charge in [0, 0.05) is 61.2 Å². The number of amides is 1. The van der Waals surface area contributed by atoms with Gasteiger partial charge in [-0.2, -0.15) is 0 Å². The van der Waals surface area contributed by atoms with Crippen LogP contribution in [0.1, 0.15) is 47.7 Å². The Bertz CT molecular complexity index is 1370. The number of carbonyl (C=O) groups excluding carboxylic acids is 2. The number of hydrogen-bond acceptors (Lipinski definition) is 6. The Morgan fingerprint density at radius 3 is 2.58 bits per heavy atom. The van der Waals surface area contributed by atoms with Crippen LogP contribution in [0, 0.1) is 0 Å². The van der Waals surface area contributed by atoms with E-state index in [-0.39, 0.29) is 5.91 Å². The van der Waals surface area contributed by atoms with Gasteiger partial charge in [-0.15, -0.1) is 0 Å². The third-order valence-electron chi connectivity index (χ3n) is 6.51. The van der Waals surface area contributed by atoms with E-state index >= 15 is 0 Å². The van der Waals surface area contributed by atoms with Gasteiger partial charge in [0.25, 0.3) is 0 Å². The number of nitrogens with zero attached hydrogens (tertiary/aromatic N) is 4. The average molecular weight is 501 g/mol. The van der Waals surface area contributed by atoms with Gasteiger partial charge >= 0.3 is 5.97 Å². The normalized spacial score (nSPS) is 16.3. The molecule has 0 bridgehead atoms. The molecule has 0 radical (unpaired) electrons. The van der Waals surface area contributed by atoms with Gasteiger partial charge in [0.15, 0.2) is 0 Å². The molecule has 8 heteroatoms. The highest BCUT2D eigenvalue weighted by Gasteiger charge is 2.29. The number of pyridine rings is 2. The Kier molecular flexibility index (Phi) is 6.91. The van der Waals surface area contributed by atoms with E-state index in [1.165, 1.54) is 12.5 Å². The number of benzene rings is 1. The number of fused-ring (bicyclic) bond motifs is 2. The molecule has 1 aromatic carbocycles. The van der Waals surface area contributed by atoms with E-state index in [9.17, 15) is 9.59 Å². The minimum atomic E-state index is -0.482. The number of carbonyl (C=O) groups is 2. The summed E-state index contributed by atoms with van der Waals surface area (Å²) >= 11 is 6.38. The van der Waals surface area contributed by atoms with Crippen LogP contribution in [0.25, 0.3) is 5.57 Å². The summed E-state index contributed by atoms with van der Waals surface area (Å²) in [7, 11) is 0. The van der Waals surface area contributed by atoms with Crippen LogP contribution < -0.4 is 0 Å². The Balaban J connectivity index is 1.51. The zero-order valence-electron chi connectivity index (χ0n) is 19.9. The van der Waals surface area contributed by atoms with E-state index in [1.807, 2.05) is 47.4 Å². The topological polar surface area (TPSA) is 84.8 Å². The zero-order chi connectivity index (χ0) is 25.1. The van der Waals surface area contributed by atoms with Crippen molar-refractivity contribution in [3.05, 3.63) is 99.6 Å². The molecule has 1 aliphatic carbocycles. The molecule has 2 aromatic heterocycles. The van der Waals surface area contributed by atoms with E-state index in [4.69, 9.17) is 21.4 Å². The van der Waals surface area contributed by atoms with Crippen molar-refractivity contribution in [1.82, 2.24) is 14.9 Å². The van der Waals surface area contributed by atoms with Crippen LogP contribution in [-0.2, 0) is 27.3 Å². The average Bonchev–Trinajstić information content (AvgIpc) is 3.02. The van der Waals surface area contributed by atoms with Crippen molar-refractivity contribution in [3.63, 3.8) is 0 Å². The lowest BCUT2D eigenvalue weighted by molar-refractivity contribution is -0.141. The molecule has 182 valence electrons. The van der Waals surface area contributed by atoms with E-state index in [0.717, 1.165) is 46.4 Å². The summed E-state index contributed by atoms with van der Waals surface area (Å²) < 4.78 is 0. The summed E-state index contributed by atoms with van der Waals surface area (Å²) in [6.07, 6.45) is 7.52. The second-order valence-corrected chi connectivity index (χ2v) is 9.33. The van der Waals surface area contributed by atoms with Crippen molar-refractivity contribution in [2.45, 2.75) is 32.6 Å². The molecule has 1 fully saturated rings. The molecule has 36 heavy (non-hydrogen) atoms. The molecule has 3 aromatic rings. The van der Waals surface area contributed by atoms with Crippen LogP contribution in [0.3, 0.4) is 0 Å². The first-order valence-electron chi connectivity index (χ1n) is 11.9. The molecule has 0 spiro atoms. The van der Waals surface area contributed by atoms with Crippen LogP contribution in [0.2, 0.25) is 5.02 Å². The molecule has 5 rings (SSSR count). The van der Waals surface area contributed by atoms with E-state index < -0.39 is 5.97 Å². The number of likely N-dealkylation sites (tertiary alicyclic amines) is 1. The van der Waals surface area contributed by atoms with Crippen molar-refractivity contribution >= 4 is 34.8 Å². The highest BCUT2D eigenvalue weighted by atomic mass is 35.5. The lowest BCUT2D eigenvalue weighted by Crippen LogP contribution is -2.37. The van der Waals surface area contributed by atoms with Gasteiger partial charge in [0.1, 0.15) is 0 Å². The molecule has 3 heterocycles. The number of halogens is 1. The molecule has 1 saturated heterocycles. The Hall–Kier alpha value is -3.84. The van der Waals surface area contributed by atoms with Crippen molar-refractivity contribution in [2.24, 2.45) is 5.16 Å². The number of piperidine rings is 1. The predicted octanol–water partition coefficient (Wildman–Crippen LogP) is 4.62. The molecule has 7 nitrogen and oxygen atoms in total. The predicted molar refractivity (Wildman–Crippen MR) is 137 cm³/mol. The van der Waals surface area contributed by atoms with Crippen molar-refractivity contribution in [3.8, 4) is 0 Å². The maximum atomic E-state index is 12.9. The van der Waals surface area contributed by atoms with Crippen LogP contribution in [0.4, 0.5) is 0 Å². The monoisotopic (exact) mass is 500 g/mol. The molecular formula is C28H25ClN4O3. The van der Waals surface area contributed by atoms with E-state index in [0.29, 0.717) is 36.7 Å². The lowest BCUT2D eigenvalue weighted by Gasteiger charge is -2.30. The van der Waals surface area contributed by atoms with Crippen LogP contribution in [-0.4, -0.2) is 45.5 Å². The van der Waals surface area contributed by atoms with Crippen LogP contribution in [0.15, 0.2) is 71.8 Å². The standard InChI is InChI=1S/C28H25ClN4O3/c1-18(34)36-32-25-16-21-3-2-10-31-28(21)27(23-5-4-22(29)17-24(23)25)20-8-13-33(14-9-20)26(35)15-19-6-11-30-12-7-19/h2-7,10-12,17H,8-9,13-16H2,1H3/b32-25-. The molecule has 1 aliphatic heterocycles. The van der Waals surface area contributed by atoms with E-state index in [1.54, 1.807) is 18.6 Å². The molecule has 2 aliphatic rings. The molecule has 0 saturated carbocycles. The zero-order valence-corrected chi connectivity index (χ0v) is 20.7. The van der Waals surface area contributed by atoms with Gasteiger partial charge in [0.05, 0.1) is 17.8 Å². The summed E-state index contributed by atoms with van der Waals surface area (Å²) in [4.78, 5) is 40.2. The van der Waals surface area contributed by atoms with Gasteiger partial charge in [-0.05, 0) is 59.9 Å². The van der Waals surface area contributed by atoms with Crippen molar-refractivity contribution < 1.29 is 14.4 Å². The third-order valence-corrected chi connectivity index (χ3v) is 6.75. The Morgan fingerprint density at radius 1 is 1.06 bits per heavy atom. The second-order valence-electron chi connectivity index (χ2n) is 8.89. The highest BCUT2D eigenvalue weighted by Crippen LogP contribution is 2.38. The van der Waals surface area contributed by atoms with Crippen molar-refractivity contribution in [2.75, 3.05) is 13.1 Å². The highest BCUT2D eigenvalue weighted by molar-refractivity contribution is 6.31. The molecule has 1 amide bonds.